The maximum atomic E-state index is 6.15. The van der Waals surface area contributed by atoms with Gasteiger partial charge in [0.1, 0.15) is 0 Å². The molecule has 0 aromatic rings. The van der Waals surface area contributed by atoms with Gasteiger partial charge in [-0.05, 0) is 0 Å². The van der Waals surface area contributed by atoms with Crippen molar-refractivity contribution in [1.29, 1.82) is 0 Å². The van der Waals surface area contributed by atoms with Gasteiger partial charge in [0.15, 0.2) is 0 Å². The van der Waals surface area contributed by atoms with Crippen LogP contribution in [0.25, 0.3) is 0 Å². The zero-order valence-electron chi connectivity index (χ0n) is 8.62. The van der Waals surface area contributed by atoms with Crippen molar-refractivity contribution >= 4 is 28.9 Å². The molecule has 0 saturated carbocycles. The van der Waals surface area contributed by atoms with E-state index in [2.05, 4.69) is 20.8 Å². The van der Waals surface area contributed by atoms with Gasteiger partial charge in [0, 0.05) is 0 Å². The first-order valence-corrected chi connectivity index (χ1v) is 10.1. The normalized spacial score (nSPS) is 12.0. The summed E-state index contributed by atoms with van der Waals surface area (Å²) in [6.45, 7) is 6.93. The van der Waals surface area contributed by atoms with Crippen molar-refractivity contribution in [2.24, 2.45) is 0 Å². The fourth-order valence-electron chi connectivity index (χ4n) is 1.35. The summed E-state index contributed by atoms with van der Waals surface area (Å²) in [5.74, 6) is 0. The predicted octanol–water partition coefficient (Wildman–Crippen LogP) is 4.40. The Kier molecular flexibility index (Phi) is 8.17. The van der Waals surface area contributed by atoms with Gasteiger partial charge in [0.2, 0.25) is 0 Å². The van der Waals surface area contributed by atoms with Crippen LogP contribution < -0.4 is 0 Å². The minimum absolute atomic E-state index is 0.580. The molecule has 0 fully saturated rings. The van der Waals surface area contributed by atoms with E-state index in [1.54, 1.807) is 0 Å². The van der Waals surface area contributed by atoms with Crippen LogP contribution in [-0.4, -0.2) is 20.0 Å². The molecule has 0 aliphatic rings. The van der Waals surface area contributed by atoms with Crippen LogP contribution in [-0.2, 0) is 0 Å². The van der Waals surface area contributed by atoms with E-state index in [1.165, 1.54) is 38.5 Å². The van der Waals surface area contributed by atoms with Crippen LogP contribution >= 0.6 is 8.92 Å². The summed E-state index contributed by atoms with van der Waals surface area (Å²) in [4.78, 5) is 0. The van der Waals surface area contributed by atoms with Crippen LogP contribution in [0.2, 0.25) is 3.43 Å². The summed E-state index contributed by atoms with van der Waals surface area (Å²) < 4.78 is 0.580. The van der Waals surface area contributed by atoms with E-state index in [9.17, 15) is 0 Å². The van der Waals surface area contributed by atoms with Crippen molar-refractivity contribution in [2.75, 3.05) is 0 Å². The van der Waals surface area contributed by atoms with Gasteiger partial charge in [-0.25, -0.2) is 0 Å². The monoisotopic (exact) mass is 296 g/mol. The second-order valence-corrected chi connectivity index (χ2v) is 9.11. The molecule has 0 amide bonds. The van der Waals surface area contributed by atoms with E-state index in [1.807, 2.05) is 0 Å². The third-order valence-corrected chi connectivity index (χ3v) is 8.18. The molecule has 0 unspecified atom stereocenters. The van der Waals surface area contributed by atoms with E-state index in [-0.39, 0.29) is 0 Å². The van der Waals surface area contributed by atoms with Gasteiger partial charge < -0.3 is 0 Å². The first-order valence-electron chi connectivity index (χ1n) is 5.06. The molecule has 0 aliphatic heterocycles. The van der Waals surface area contributed by atoms with Crippen molar-refractivity contribution < 1.29 is 0 Å². The Bertz CT molecular complexity index is 96.0. The molecule has 0 aromatic heterocycles. The summed E-state index contributed by atoms with van der Waals surface area (Å²) >= 11 is -0.597. The van der Waals surface area contributed by atoms with Crippen LogP contribution in [0, 0.1) is 0 Å². The molecule has 0 atom stereocenters. The fourth-order valence-corrected chi connectivity index (χ4v) is 4.17. The molecule has 0 rings (SSSR count). The Morgan fingerprint density at radius 2 is 1.50 bits per heavy atom. The summed E-state index contributed by atoms with van der Waals surface area (Å²) in [5.41, 5.74) is 0. The van der Waals surface area contributed by atoms with E-state index in [0.29, 0.717) is 3.43 Å². The van der Waals surface area contributed by atoms with Crippen molar-refractivity contribution in [1.82, 2.24) is 0 Å². The zero-order chi connectivity index (χ0) is 9.45. The Hall–Kier alpha value is 1.09. The number of halogens is 1. The Labute approximate surface area is 91.4 Å². The SMILES string of the molecule is CCCC[C](C)(CCCC)[Sn][Cl]. The number of unbranched alkanes of at least 4 members (excludes halogenated alkanes) is 2. The summed E-state index contributed by atoms with van der Waals surface area (Å²) in [7, 11) is 6.15. The molecule has 0 aromatic carbocycles. The van der Waals surface area contributed by atoms with Gasteiger partial charge in [0.05, 0.1) is 0 Å². The van der Waals surface area contributed by atoms with Crippen molar-refractivity contribution in [3.63, 3.8) is 0 Å². The molecule has 72 valence electrons. The van der Waals surface area contributed by atoms with Crippen LogP contribution in [0.1, 0.15) is 59.3 Å². The molecule has 0 N–H and O–H groups in total. The second-order valence-electron chi connectivity index (χ2n) is 3.86. The van der Waals surface area contributed by atoms with Gasteiger partial charge in [-0.1, -0.05) is 0 Å². The standard InChI is InChI=1S/C10H21.ClH.Sn/c1-4-6-8-10(3)9-7-5-2;;/h4-9H2,1-3H3;1H;/q;;+1/p-1. The molecule has 0 spiro atoms. The zero-order valence-corrected chi connectivity index (χ0v) is 12.2. The van der Waals surface area contributed by atoms with Crippen LogP contribution in [0.15, 0.2) is 0 Å². The minimum atomic E-state index is -0.597. The molecule has 0 heterocycles. The van der Waals surface area contributed by atoms with Gasteiger partial charge in [-0.2, -0.15) is 0 Å². The first kappa shape index (κ1) is 13.1. The van der Waals surface area contributed by atoms with Gasteiger partial charge in [-0.3, -0.25) is 0 Å². The molecule has 0 aliphatic carbocycles. The van der Waals surface area contributed by atoms with Crippen LogP contribution in [0.5, 0.6) is 0 Å². The quantitative estimate of drug-likeness (QED) is 0.611. The number of hydrogen-bond donors (Lipinski definition) is 0. The van der Waals surface area contributed by atoms with Gasteiger partial charge in [-0.15, -0.1) is 0 Å². The van der Waals surface area contributed by atoms with E-state index in [4.69, 9.17) is 8.92 Å². The van der Waals surface area contributed by atoms with Crippen LogP contribution in [0.3, 0.4) is 0 Å². The third-order valence-electron chi connectivity index (χ3n) is 2.39. The molecule has 2 radical (unpaired) electrons. The summed E-state index contributed by atoms with van der Waals surface area (Å²) in [6, 6.07) is 0. The Morgan fingerprint density at radius 1 is 1.08 bits per heavy atom. The van der Waals surface area contributed by atoms with E-state index >= 15 is 0 Å². The first-order chi connectivity index (χ1) is 5.68. The van der Waals surface area contributed by atoms with Crippen molar-refractivity contribution in [3.05, 3.63) is 0 Å². The fraction of sp³-hybridized carbons (Fsp3) is 1.00. The number of hydrogen-bond acceptors (Lipinski definition) is 0. The van der Waals surface area contributed by atoms with E-state index in [0.717, 1.165) is 0 Å². The van der Waals surface area contributed by atoms with E-state index < -0.39 is 20.0 Å². The van der Waals surface area contributed by atoms with Crippen molar-refractivity contribution in [3.8, 4) is 0 Å². The third kappa shape index (κ3) is 5.69. The van der Waals surface area contributed by atoms with Crippen molar-refractivity contribution in [2.45, 2.75) is 62.7 Å². The molecule has 12 heavy (non-hydrogen) atoms. The second kappa shape index (κ2) is 7.49. The average Bonchev–Trinajstić information content (AvgIpc) is 2.11. The molecular formula is C10H21ClSn. The Balaban J connectivity index is 3.70. The maximum absolute atomic E-state index is 6.15. The van der Waals surface area contributed by atoms with Crippen LogP contribution in [0.4, 0.5) is 0 Å². The number of rotatable bonds is 7. The molecular weight excluding hydrogens is 274 g/mol. The predicted molar refractivity (Wildman–Crippen MR) is 59.0 cm³/mol. The Morgan fingerprint density at radius 3 is 1.75 bits per heavy atom. The molecule has 2 heteroatoms. The summed E-state index contributed by atoms with van der Waals surface area (Å²) in [5, 5.41) is 0. The molecule has 0 bridgehead atoms. The topological polar surface area (TPSA) is 0 Å². The summed E-state index contributed by atoms with van der Waals surface area (Å²) in [6.07, 6.45) is 8.12. The molecule has 0 saturated heterocycles. The van der Waals surface area contributed by atoms with Gasteiger partial charge >= 0.3 is 91.7 Å². The molecule has 0 nitrogen and oxygen atoms in total. The van der Waals surface area contributed by atoms with Gasteiger partial charge in [0.25, 0.3) is 0 Å². The average molecular weight is 295 g/mol.